The Hall–Kier alpha value is -2.40. The maximum absolute atomic E-state index is 13.4. The number of nitrogens with one attached hydrogen (secondary N) is 1. The van der Waals surface area contributed by atoms with Crippen molar-refractivity contribution >= 4 is 29.1 Å². The number of carbonyl (C=O) groups is 2. The summed E-state index contributed by atoms with van der Waals surface area (Å²) < 4.78 is 13.4. The fraction of sp³-hybridized carbons (Fsp3) is 0.300. The van der Waals surface area contributed by atoms with E-state index in [1.54, 1.807) is 35.2 Å². The van der Waals surface area contributed by atoms with Gasteiger partial charge in [0.25, 0.3) is 0 Å². The molecule has 1 aliphatic heterocycles. The molecular formula is C20H20ClFN2O2. The molecule has 0 bridgehead atoms. The van der Waals surface area contributed by atoms with Gasteiger partial charge in [0, 0.05) is 22.7 Å². The molecular weight excluding hydrogens is 355 g/mol. The van der Waals surface area contributed by atoms with Gasteiger partial charge in [0.1, 0.15) is 12.4 Å². The summed E-state index contributed by atoms with van der Waals surface area (Å²) in [5, 5.41) is 3.34. The van der Waals surface area contributed by atoms with Gasteiger partial charge in [-0.1, -0.05) is 37.6 Å². The van der Waals surface area contributed by atoms with Crippen LogP contribution in [0.5, 0.6) is 0 Å². The molecule has 0 aliphatic carbocycles. The summed E-state index contributed by atoms with van der Waals surface area (Å²) in [6.07, 6.45) is 0.320. The zero-order chi connectivity index (χ0) is 18.8. The lowest BCUT2D eigenvalue weighted by Crippen LogP contribution is -2.39. The third-order valence-electron chi connectivity index (χ3n) is 4.30. The minimum Gasteiger partial charge on any atom is -0.324 e. The Bertz CT molecular complexity index is 836. The molecule has 136 valence electrons. The Balaban J connectivity index is 2.16. The molecule has 2 aromatic rings. The maximum Gasteiger partial charge on any atom is 0.244 e. The minimum absolute atomic E-state index is 0.0695. The molecule has 1 heterocycles. The van der Waals surface area contributed by atoms with Crippen molar-refractivity contribution in [3.05, 3.63) is 64.4 Å². The van der Waals surface area contributed by atoms with E-state index in [4.69, 9.17) is 11.6 Å². The molecule has 0 fully saturated rings. The van der Waals surface area contributed by atoms with Gasteiger partial charge in [-0.3, -0.25) is 9.59 Å². The molecule has 1 unspecified atom stereocenters. The number of amides is 2. The van der Waals surface area contributed by atoms with E-state index in [1.807, 2.05) is 13.8 Å². The molecule has 1 atom stereocenters. The topological polar surface area (TPSA) is 49.4 Å². The second-order valence-corrected chi connectivity index (χ2v) is 7.29. The van der Waals surface area contributed by atoms with Crippen molar-refractivity contribution < 1.29 is 14.0 Å². The van der Waals surface area contributed by atoms with E-state index < -0.39 is 6.04 Å². The van der Waals surface area contributed by atoms with Gasteiger partial charge in [0.15, 0.2) is 0 Å². The number of nitrogens with zero attached hydrogens (tertiary/aromatic N) is 1. The van der Waals surface area contributed by atoms with Crippen molar-refractivity contribution in [3.63, 3.8) is 0 Å². The van der Waals surface area contributed by atoms with Crippen LogP contribution in [0.25, 0.3) is 0 Å². The van der Waals surface area contributed by atoms with E-state index in [-0.39, 0.29) is 30.1 Å². The summed E-state index contributed by atoms with van der Waals surface area (Å²) in [6.45, 7) is 3.83. The van der Waals surface area contributed by atoms with E-state index in [9.17, 15) is 14.0 Å². The Kier molecular flexibility index (Phi) is 5.28. The number of fused-ring (bicyclic) bond motifs is 1. The zero-order valence-electron chi connectivity index (χ0n) is 14.6. The van der Waals surface area contributed by atoms with Crippen LogP contribution in [-0.2, 0) is 9.59 Å². The first-order chi connectivity index (χ1) is 12.3. The number of benzene rings is 2. The first-order valence-electron chi connectivity index (χ1n) is 8.49. The Morgan fingerprint density at radius 1 is 1.27 bits per heavy atom. The number of hydrogen-bond acceptors (Lipinski definition) is 2. The van der Waals surface area contributed by atoms with Crippen LogP contribution in [0, 0.1) is 11.7 Å². The highest BCUT2D eigenvalue weighted by atomic mass is 35.5. The van der Waals surface area contributed by atoms with Gasteiger partial charge < -0.3 is 10.2 Å². The fourth-order valence-electron chi connectivity index (χ4n) is 3.18. The van der Waals surface area contributed by atoms with Crippen molar-refractivity contribution in [2.45, 2.75) is 26.3 Å². The molecule has 0 radical (unpaired) electrons. The lowest BCUT2D eigenvalue weighted by Gasteiger charge is -2.31. The smallest absolute Gasteiger partial charge is 0.244 e. The summed E-state index contributed by atoms with van der Waals surface area (Å²) in [4.78, 5) is 26.8. The molecule has 2 aromatic carbocycles. The highest BCUT2D eigenvalue weighted by molar-refractivity contribution is 6.30. The molecule has 1 N–H and O–H groups in total. The van der Waals surface area contributed by atoms with Gasteiger partial charge in [-0.05, 0) is 41.8 Å². The van der Waals surface area contributed by atoms with E-state index in [0.717, 1.165) is 5.56 Å². The van der Waals surface area contributed by atoms with Crippen LogP contribution < -0.4 is 5.32 Å². The molecule has 26 heavy (non-hydrogen) atoms. The van der Waals surface area contributed by atoms with Gasteiger partial charge in [0.2, 0.25) is 11.8 Å². The average molecular weight is 375 g/mol. The predicted molar refractivity (Wildman–Crippen MR) is 99.5 cm³/mol. The Morgan fingerprint density at radius 3 is 2.62 bits per heavy atom. The standard InChI is InChI=1S/C20H20ClFN2O2/c1-12(2)9-19(26)24-11-18(25)23-17-8-5-14(21)10-16(17)20(24)13-3-6-15(22)7-4-13/h3-8,10,12,20H,9,11H2,1-2H3,(H,23,25). The first-order valence-corrected chi connectivity index (χ1v) is 8.87. The molecule has 3 rings (SSSR count). The highest BCUT2D eigenvalue weighted by Gasteiger charge is 2.33. The highest BCUT2D eigenvalue weighted by Crippen LogP contribution is 2.37. The van der Waals surface area contributed by atoms with Crippen LogP contribution in [0.2, 0.25) is 5.02 Å². The molecule has 6 heteroatoms. The van der Waals surface area contributed by atoms with Crippen LogP contribution >= 0.6 is 11.6 Å². The summed E-state index contributed by atoms with van der Waals surface area (Å²) in [6, 6.07) is 10.6. The van der Waals surface area contributed by atoms with E-state index in [0.29, 0.717) is 22.7 Å². The molecule has 0 spiro atoms. The lowest BCUT2D eigenvalue weighted by atomic mass is 9.95. The monoisotopic (exact) mass is 374 g/mol. The summed E-state index contributed by atoms with van der Waals surface area (Å²) >= 11 is 6.18. The van der Waals surface area contributed by atoms with Crippen molar-refractivity contribution in [3.8, 4) is 0 Å². The van der Waals surface area contributed by atoms with Crippen LogP contribution in [0.3, 0.4) is 0 Å². The lowest BCUT2D eigenvalue weighted by molar-refractivity contribution is -0.136. The largest absolute Gasteiger partial charge is 0.324 e. The van der Waals surface area contributed by atoms with Gasteiger partial charge in [-0.2, -0.15) is 0 Å². The SMILES string of the molecule is CC(C)CC(=O)N1CC(=O)Nc2ccc(Cl)cc2C1c1ccc(F)cc1. The summed E-state index contributed by atoms with van der Waals surface area (Å²) in [7, 11) is 0. The number of hydrogen-bond donors (Lipinski definition) is 1. The Labute approximate surface area is 157 Å². The van der Waals surface area contributed by atoms with Crippen molar-refractivity contribution in [1.82, 2.24) is 4.90 Å². The average Bonchev–Trinajstić information content (AvgIpc) is 2.71. The van der Waals surface area contributed by atoms with Gasteiger partial charge in [-0.25, -0.2) is 4.39 Å². The van der Waals surface area contributed by atoms with Gasteiger partial charge >= 0.3 is 0 Å². The third-order valence-corrected chi connectivity index (χ3v) is 4.53. The van der Waals surface area contributed by atoms with Crippen molar-refractivity contribution in [1.29, 1.82) is 0 Å². The predicted octanol–water partition coefficient (Wildman–Crippen LogP) is 4.40. The van der Waals surface area contributed by atoms with Crippen molar-refractivity contribution in [2.24, 2.45) is 5.92 Å². The number of carbonyl (C=O) groups excluding carboxylic acids is 2. The van der Waals surface area contributed by atoms with Crippen LogP contribution in [0.15, 0.2) is 42.5 Å². The van der Waals surface area contributed by atoms with Crippen LogP contribution in [0.4, 0.5) is 10.1 Å². The molecule has 2 amide bonds. The molecule has 0 aromatic heterocycles. The first kappa shape index (κ1) is 18.4. The number of rotatable bonds is 3. The molecule has 0 saturated carbocycles. The van der Waals surface area contributed by atoms with Crippen LogP contribution in [0.1, 0.15) is 37.4 Å². The second-order valence-electron chi connectivity index (χ2n) is 6.85. The fourth-order valence-corrected chi connectivity index (χ4v) is 3.36. The zero-order valence-corrected chi connectivity index (χ0v) is 15.4. The third kappa shape index (κ3) is 3.88. The van der Waals surface area contributed by atoms with Gasteiger partial charge in [0.05, 0.1) is 6.04 Å². The van der Waals surface area contributed by atoms with Crippen molar-refractivity contribution in [2.75, 3.05) is 11.9 Å². The normalized spacial score (nSPS) is 16.9. The Morgan fingerprint density at radius 2 is 1.96 bits per heavy atom. The molecule has 4 nitrogen and oxygen atoms in total. The number of anilines is 1. The number of halogens is 2. The second kappa shape index (κ2) is 7.46. The minimum atomic E-state index is -0.519. The van der Waals surface area contributed by atoms with Crippen LogP contribution in [-0.4, -0.2) is 23.3 Å². The quantitative estimate of drug-likeness (QED) is 0.865. The molecule has 1 aliphatic rings. The van der Waals surface area contributed by atoms with Gasteiger partial charge in [-0.15, -0.1) is 0 Å². The summed E-state index contributed by atoms with van der Waals surface area (Å²) in [5.41, 5.74) is 2.05. The molecule has 0 saturated heterocycles. The van der Waals surface area contributed by atoms with E-state index in [1.165, 1.54) is 12.1 Å². The maximum atomic E-state index is 13.4. The van der Waals surface area contributed by atoms with E-state index in [2.05, 4.69) is 5.32 Å². The summed E-state index contributed by atoms with van der Waals surface area (Å²) in [5.74, 6) is -0.600. The van der Waals surface area contributed by atoms with E-state index >= 15 is 0 Å².